The summed E-state index contributed by atoms with van der Waals surface area (Å²) >= 11 is 0. The summed E-state index contributed by atoms with van der Waals surface area (Å²) in [5, 5.41) is 11.9. The quantitative estimate of drug-likeness (QED) is 0.147. The Morgan fingerprint density at radius 2 is 1.61 bits per heavy atom. The zero-order valence-corrected chi connectivity index (χ0v) is 20.8. The maximum Gasteiger partial charge on any atom is 0.336 e. The first-order chi connectivity index (χ1) is 17.4. The minimum atomic E-state index is -0.612. The molecule has 0 bridgehead atoms. The number of methoxy groups -OCH3 is 2. The normalized spacial score (nSPS) is 11.0. The number of hydrogen-bond donors (Lipinski definition) is 1. The Morgan fingerprint density at radius 1 is 0.944 bits per heavy atom. The molecule has 0 atom stereocenters. The van der Waals surface area contributed by atoms with Gasteiger partial charge in [-0.15, -0.1) is 0 Å². The third-order valence-corrected chi connectivity index (χ3v) is 4.65. The fraction of sp³-hybridized carbons (Fsp3) is 0.296. The van der Waals surface area contributed by atoms with Gasteiger partial charge < -0.3 is 29.0 Å². The van der Waals surface area contributed by atoms with Crippen LogP contribution >= 0.6 is 0 Å². The molecule has 0 radical (unpaired) electrons. The van der Waals surface area contributed by atoms with Gasteiger partial charge in [0.1, 0.15) is 11.6 Å². The molecule has 0 aliphatic rings. The van der Waals surface area contributed by atoms with Crippen molar-refractivity contribution >= 4 is 24.0 Å². The molecule has 1 amide bonds. The molecule has 2 rings (SSSR count). The highest BCUT2D eigenvalue weighted by Crippen LogP contribution is 2.30. The maximum atomic E-state index is 12.4. The van der Waals surface area contributed by atoms with Crippen molar-refractivity contribution < 1.29 is 33.3 Å². The number of nitrogens with zero attached hydrogens (tertiary/aromatic N) is 1. The van der Waals surface area contributed by atoms with E-state index in [0.717, 1.165) is 5.56 Å². The molecule has 0 aliphatic carbocycles. The highest BCUT2D eigenvalue weighted by atomic mass is 16.6. The number of carbonyl (C=O) groups is 2. The maximum absolute atomic E-state index is 12.4. The summed E-state index contributed by atoms with van der Waals surface area (Å²) in [5.41, 5.74) is 1.18. The monoisotopic (exact) mass is 494 g/mol. The Balaban J connectivity index is 2.13. The van der Waals surface area contributed by atoms with Gasteiger partial charge in [0.05, 0.1) is 26.9 Å². The zero-order valence-electron chi connectivity index (χ0n) is 20.8. The molecule has 1 N–H and O–H groups in total. The number of carbonyl (C=O) groups excluding carboxylic acids is 2. The van der Waals surface area contributed by atoms with Crippen molar-refractivity contribution in [2.45, 2.75) is 13.8 Å². The van der Waals surface area contributed by atoms with Crippen molar-refractivity contribution in [3.63, 3.8) is 0 Å². The van der Waals surface area contributed by atoms with Gasteiger partial charge in [0.15, 0.2) is 23.0 Å². The van der Waals surface area contributed by atoms with Crippen molar-refractivity contribution in [2.24, 2.45) is 0 Å². The zero-order chi connectivity index (χ0) is 26.3. The molecule has 0 aromatic heterocycles. The molecule has 0 heterocycles. The number of hydrogen-bond acceptors (Lipinski definition) is 8. The molecule has 9 nitrogen and oxygen atoms in total. The molecule has 0 aliphatic heterocycles. The summed E-state index contributed by atoms with van der Waals surface area (Å²) in [6, 6.07) is 11.9. The molecular weight excluding hydrogens is 464 g/mol. The number of benzene rings is 2. The summed E-state index contributed by atoms with van der Waals surface area (Å²) in [5.74, 6) is 0.542. The van der Waals surface area contributed by atoms with Gasteiger partial charge in [-0.1, -0.05) is 12.1 Å². The van der Waals surface area contributed by atoms with Crippen molar-refractivity contribution in [1.82, 2.24) is 5.32 Å². The molecule has 2 aromatic carbocycles. The van der Waals surface area contributed by atoms with Crippen LogP contribution in [0.15, 0.2) is 48.0 Å². The molecular formula is C27H30N2O7. The number of nitrogens with one attached hydrogen (secondary N) is 1. The summed E-state index contributed by atoms with van der Waals surface area (Å²) in [6.07, 6.45) is 4.31. The predicted molar refractivity (Wildman–Crippen MR) is 135 cm³/mol. The standard InChI is InChI=1S/C27H30N2O7/c1-5-34-22-10-7-19(16-25(22)35-6-2)9-12-26(30)36-23-11-8-20(17-24(23)33-4)15-21(18-28)27(31)29-13-14-32-3/h7-12,15-17H,5-6,13-14H2,1-4H3,(H,29,31)/b12-9+,21-15+. The number of amides is 1. The van der Waals surface area contributed by atoms with Gasteiger partial charge in [0.2, 0.25) is 0 Å². The fourth-order valence-corrected chi connectivity index (χ4v) is 3.01. The van der Waals surface area contributed by atoms with E-state index in [0.29, 0.717) is 36.9 Å². The first-order valence-corrected chi connectivity index (χ1v) is 11.3. The summed E-state index contributed by atoms with van der Waals surface area (Å²) in [7, 11) is 2.94. The first-order valence-electron chi connectivity index (χ1n) is 11.3. The lowest BCUT2D eigenvalue weighted by atomic mass is 10.1. The second-order valence-corrected chi connectivity index (χ2v) is 7.16. The van der Waals surface area contributed by atoms with Crippen LogP contribution in [0.1, 0.15) is 25.0 Å². The van der Waals surface area contributed by atoms with E-state index >= 15 is 0 Å². The Labute approximate surface area is 210 Å². The van der Waals surface area contributed by atoms with E-state index < -0.39 is 11.9 Å². The van der Waals surface area contributed by atoms with Crippen LogP contribution in [-0.2, 0) is 14.3 Å². The number of ether oxygens (including phenoxy) is 5. The van der Waals surface area contributed by atoms with Crippen LogP contribution in [0.4, 0.5) is 0 Å². The van der Waals surface area contributed by atoms with E-state index in [1.165, 1.54) is 32.4 Å². The van der Waals surface area contributed by atoms with Crippen molar-refractivity contribution in [3.8, 4) is 29.1 Å². The highest BCUT2D eigenvalue weighted by Gasteiger charge is 2.12. The molecule has 9 heteroatoms. The van der Waals surface area contributed by atoms with Crippen molar-refractivity contribution in [3.05, 3.63) is 59.2 Å². The van der Waals surface area contributed by atoms with Gasteiger partial charge in [0, 0.05) is 19.7 Å². The SMILES string of the molecule is CCOc1ccc(/C=C/C(=O)Oc2ccc(/C=C(\C#N)C(=O)NCCOC)cc2OC)cc1OCC. The van der Waals surface area contributed by atoms with Gasteiger partial charge >= 0.3 is 5.97 Å². The van der Waals surface area contributed by atoms with E-state index in [-0.39, 0.29) is 23.6 Å². The smallest absolute Gasteiger partial charge is 0.336 e. The molecule has 0 unspecified atom stereocenters. The molecule has 0 saturated carbocycles. The molecule has 0 spiro atoms. The van der Waals surface area contributed by atoms with E-state index in [4.69, 9.17) is 23.7 Å². The van der Waals surface area contributed by atoms with Crippen molar-refractivity contribution in [2.75, 3.05) is 40.6 Å². The lowest BCUT2D eigenvalue weighted by molar-refractivity contribution is -0.129. The number of rotatable bonds is 13. The van der Waals surface area contributed by atoms with E-state index in [1.807, 2.05) is 19.9 Å². The van der Waals surface area contributed by atoms with Gasteiger partial charge in [-0.25, -0.2) is 4.79 Å². The van der Waals surface area contributed by atoms with Crippen LogP contribution in [0.3, 0.4) is 0 Å². The minimum Gasteiger partial charge on any atom is -0.493 e. The fourth-order valence-electron chi connectivity index (χ4n) is 3.01. The average molecular weight is 495 g/mol. The third kappa shape index (κ3) is 8.49. The van der Waals surface area contributed by atoms with Gasteiger partial charge in [-0.3, -0.25) is 4.79 Å². The molecule has 36 heavy (non-hydrogen) atoms. The predicted octanol–water partition coefficient (Wildman–Crippen LogP) is 3.78. The Bertz CT molecular complexity index is 1150. The summed E-state index contributed by atoms with van der Waals surface area (Å²) in [6.45, 7) is 5.37. The van der Waals surface area contributed by atoms with Gasteiger partial charge in [-0.05, 0) is 61.4 Å². The first kappa shape index (κ1) is 28.0. The molecule has 190 valence electrons. The van der Waals surface area contributed by atoms with E-state index in [2.05, 4.69) is 5.32 Å². The molecule has 2 aromatic rings. The van der Waals surface area contributed by atoms with Crippen LogP contribution in [-0.4, -0.2) is 52.5 Å². The Morgan fingerprint density at radius 3 is 2.28 bits per heavy atom. The Hall–Kier alpha value is -4.29. The number of nitriles is 1. The van der Waals surface area contributed by atoms with E-state index in [9.17, 15) is 14.9 Å². The number of esters is 1. The molecule has 0 saturated heterocycles. The topological polar surface area (TPSA) is 116 Å². The largest absolute Gasteiger partial charge is 0.493 e. The molecule has 0 fully saturated rings. The van der Waals surface area contributed by atoms with Crippen LogP contribution in [0, 0.1) is 11.3 Å². The van der Waals surface area contributed by atoms with Gasteiger partial charge in [0.25, 0.3) is 5.91 Å². The minimum absolute atomic E-state index is 0.0809. The third-order valence-electron chi connectivity index (χ3n) is 4.65. The Kier molecular flexibility index (Phi) is 11.5. The highest BCUT2D eigenvalue weighted by molar-refractivity contribution is 6.01. The van der Waals surface area contributed by atoms with Gasteiger partial charge in [-0.2, -0.15) is 5.26 Å². The van der Waals surface area contributed by atoms with Crippen LogP contribution in [0.25, 0.3) is 12.2 Å². The van der Waals surface area contributed by atoms with Crippen LogP contribution < -0.4 is 24.3 Å². The lowest BCUT2D eigenvalue weighted by Gasteiger charge is -2.11. The lowest BCUT2D eigenvalue weighted by Crippen LogP contribution is -2.27. The second kappa shape index (κ2) is 14.9. The van der Waals surface area contributed by atoms with Crippen LogP contribution in [0.5, 0.6) is 23.0 Å². The van der Waals surface area contributed by atoms with E-state index in [1.54, 1.807) is 36.4 Å². The summed E-state index contributed by atoms with van der Waals surface area (Å²) in [4.78, 5) is 24.6. The van der Waals surface area contributed by atoms with Crippen molar-refractivity contribution in [1.29, 1.82) is 5.26 Å². The van der Waals surface area contributed by atoms with Crippen LogP contribution in [0.2, 0.25) is 0 Å². The average Bonchev–Trinajstić information content (AvgIpc) is 2.88. The second-order valence-electron chi connectivity index (χ2n) is 7.16. The summed E-state index contributed by atoms with van der Waals surface area (Å²) < 4.78 is 26.8.